The zero-order valence-corrected chi connectivity index (χ0v) is 14.4. The van der Waals surface area contributed by atoms with Crippen molar-refractivity contribution in [1.29, 1.82) is 0 Å². The molecule has 4 fully saturated rings. The molecule has 6 aliphatic rings. The number of hydrogen-bond donors (Lipinski definition) is 0. The van der Waals surface area contributed by atoms with Crippen molar-refractivity contribution in [3.8, 4) is 0 Å². The first kappa shape index (κ1) is 14.3. The van der Waals surface area contributed by atoms with Gasteiger partial charge in [-0.3, -0.25) is 14.5 Å². The fourth-order valence-corrected chi connectivity index (χ4v) is 7.56. The highest BCUT2D eigenvalue weighted by Gasteiger charge is 2.76. The molecular formula is C22H23NO2. The summed E-state index contributed by atoms with van der Waals surface area (Å²) < 4.78 is 0. The van der Waals surface area contributed by atoms with Gasteiger partial charge in [-0.05, 0) is 60.5 Å². The van der Waals surface area contributed by atoms with Crippen LogP contribution in [0.4, 0.5) is 5.69 Å². The minimum Gasteiger partial charge on any atom is -0.274 e. The van der Waals surface area contributed by atoms with Crippen LogP contribution in [0.15, 0.2) is 42.5 Å². The predicted molar refractivity (Wildman–Crippen MR) is 94.6 cm³/mol. The van der Waals surface area contributed by atoms with Crippen LogP contribution in [0.2, 0.25) is 0 Å². The number of imide groups is 1. The van der Waals surface area contributed by atoms with E-state index in [0.717, 1.165) is 5.69 Å². The van der Waals surface area contributed by atoms with Gasteiger partial charge in [0.25, 0.3) is 0 Å². The Balaban J connectivity index is 1.50. The highest BCUT2D eigenvalue weighted by Crippen LogP contribution is 2.79. The second-order valence-electron chi connectivity index (χ2n) is 8.85. The molecule has 1 saturated heterocycles. The third kappa shape index (κ3) is 1.39. The lowest BCUT2D eigenvalue weighted by molar-refractivity contribution is -0.232. The molecule has 2 amide bonds. The van der Waals surface area contributed by atoms with Crippen molar-refractivity contribution in [3.05, 3.63) is 42.5 Å². The van der Waals surface area contributed by atoms with Crippen molar-refractivity contribution in [2.24, 2.45) is 34.5 Å². The van der Waals surface area contributed by atoms with Gasteiger partial charge in [0.1, 0.15) is 0 Å². The Morgan fingerprint density at radius 2 is 1.28 bits per heavy atom. The summed E-state index contributed by atoms with van der Waals surface area (Å²) in [6, 6.07) is 9.53. The van der Waals surface area contributed by atoms with E-state index < -0.39 is 0 Å². The molecule has 2 bridgehead atoms. The van der Waals surface area contributed by atoms with Crippen molar-refractivity contribution in [1.82, 2.24) is 0 Å². The second kappa shape index (κ2) is 4.44. The minimum absolute atomic E-state index is 0.0565. The lowest BCUT2D eigenvalue weighted by Crippen LogP contribution is -2.69. The van der Waals surface area contributed by atoms with Gasteiger partial charge in [0.2, 0.25) is 11.8 Å². The van der Waals surface area contributed by atoms with E-state index in [0.29, 0.717) is 10.8 Å². The topological polar surface area (TPSA) is 37.4 Å². The molecule has 1 aromatic rings. The minimum atomic E-state index is -0.116. The van der Waals surface area contributed by atoms with Crippen molar-refractivity contribution in [2.75, 3.05) is 4.90 Å². The number of hydrogen-bond acceptors (Lipinski definition) is 2. The van der Waals surface area contributed by atoms with Gasteiger partial charge in [-0.1, -0.05) is 43.2 Å². The zero-order valence-electron chi connectivity index (χ0n) is 14.4. The Bertz CT molecular complexity index is 767. The third-order valence-corrected chi connectivity index (χ3v) is 8.49. The van der Waals surface area contributed by atoms with Gasteiger partial charge in [-0.25, -0.2) is 0 Å². The molecule has 25 heavy (non-hydrogen) atoms. The maximum Gasteiger partial charge on any atom is 0.238 e. The standard InChI is InChI=1S/C22H23NO2/c24-19-17-15-8-9-16(22-11-5-4-10-21(15,22)12-13-22)18(17)20(25)23(19)14-6-2-1-3-7-14/h1-3,6-9,15-18H,4-5,10-13H2/t15-,16+,17-,18+,21+,22-. The molecule has 3 heteroatoms. The van der Waals surface area contributed by atoms with Crippen LogP contribution < -0.4 is 4.90 Å². The van der Waals surface area contributed by atoms with E-state index in [1.54, 1.807) is 0 Å². The lowest BCUT2D eigenvalue weighted by Gasteiger charge is -2.74. The van der Waals surface area contributed by atoms with Crippen molar-refractivity contribution in [2.45, 2.75) is 38.5 Å². The van der Waals surface area contributed by atoms with Crippen LogP contribution in [0.1, 0.15) is 38.5 Å². The lowest BCUT2D eigenvalue weighted by atomic mass is 9.29. The first-order chi connectivity index (χ1) is 12.2. The summed E-state index contributed by atoms with van der Waals surface area (Å²) in [6.45, 7) is 0. The van der Waals surface area contributed by atoms with Gasteiger partial charge in [-0.2, -0.15) is 0 Å². The molecule has 0 aromatic heterocycles. The number of amides is 2. The first-order valence-corrected chi connectivity index (χ1v) is 9.81. The van der Waals surface area contributed by atoms with Gasteiger partial charge >= 0.3 is 0 Å². The number of benzene rings is 1. The summed E-state index contributed by atoms with van der Waals surface area (Å²) in [5.41, 5.74) is 1.37. The van der Waals surface area contributed by atoms with Gasteiger partial charge in [-0.15, -0.1) is 0 Å². The van der Waals surface area contributed by atoms with E-state index in [1.807, 2.05) is 30.3 Å². The Hall–Kier alpha value is -1.90. The van der Waals surface area contributed by atoms with Crippen LogP contribution in [0.25, 0.3) is 0 Å². The van der Waals surface area contributed by atoms with Gasteiger partial charge < -0.3 is 0 Å². The zero-order chi connectivity index (χ0) is 16.8. The fourth-order valence-electron chi connectivity index (χ4n) is 7.56. The number of rotatable bonds is 1. The molecule has 0 radical (unpaired) electrons. The SMILES string of the molecule is O=C1[C@@H]2[C@H](C(=O)N1c1ccccc1)[C@H]1C=C[C@@H]2[C@]23CCCC[C@]12CC3. The molecule has 5 aliphatic carbocycles. The van der Waals surface area contributed by atoms with Crippen molar-refractivity contribution in [3.63, 3.8) is 0 Å². The van der Waals surface area contributed by atoms with E-state index in [2.05, 4.69) is 12.2 Å². The molecule has 128 valence electrons. The molecule has 0 unspecified atom stereocenters. The number of nitrogens with zero attached hydrogens (tertiary/aromatic N) is 1. The maximum absolute atomic E-state index is 13.4. The van der Waals surface area contributed by atoms with E-state index in [9.17, 15) is 9.59 Å². The summed E-state index contributed by atoms with van der Waals surface area (Å²) in [5, 5.41) is 0. The smallest absolute Gasteiger partial charge is 0.238 e. The molecule has 0 N–H and O–H groups in total. The molecular weight excluding hydrogens is 310 g/mol. The summed E-state index contributed by atoms with van der Waals surface area (Å²) in [6.07, 6.45) is 12.3. The van der Waals surface area contributed by atoms with Crippen LogP contribution in [0, 0.1) is 34.5 Å². The molecule has 1 aromatic carbocycles. The summed E-state index contributed by atoms with van der Waals surface area (Å²) in [5.74, 6) is 0.439. The molecule has 3 nitrogen and oxygen atoms in total. The van der Waals surface area contributed by atoms with Crippen LogP contribution in [-0.2, 0) is 9.59 Å². The van der Waals surface area contributed by atoms with E-state index in [1.165, 1.54) is 43.4 Å². The molecule has 1 aliphatic heterocycles. The predicted octanol–water partition coefficient (Wildman–Crippen LogP) is 3.95. The van der Waals surface area contributed by atoms with E-state index >= 15 is 0 Å². The summed E-state index contributed by atoms with van der Waals surface area (Å²) in [4.78, 5) is 28.2. The van der Waals surface area contributed by atoms with Gasteiger partial charge in [0, 0.05) is 0 Å². The quantitative estimate of drug-likeness (QED) is 0.576. The average molecular weight is 333 g/mol. The molecule has 7 rings (SSSR count). The van der Waals surface area contributed by atoms with Gasteiger partial charge in [0.15, 0.2) is 0 Å². The molecule has 1 heterocycles. The Morgan fingerprint density at radius 1 is 0.760 bits per heavy atom. The number of carbonyl (C=O) groups excluding carboxylic acids is 2. The third-order valence-electron chi connectivity index (χ3n) is 8.49. The number of para-hydroxylation sites is 1. The maximum atomic E-state index is 13.4. The van der Waals surface area contributed by atoms with Crippen LogP contribution >= 0.6 is 0 Å². The van der Waals surface area contributed by atoms with Gasteiger partial charge in [0.05, 0.1) is 17.5 Å². The Labute approximate surface area is 148 Å². The normalized spacial score (nSPS) is 46.5. The monoisotopic (exact) mass is 333 g/mol. The largest absolute Gasteiger partial charge is 0.274 e. The number of allylic oxidation sites excluding steroid dienone is 2. The molecule has 3 saturated carbocycles. The van der Waals surface area contributed by atoms with E-state index in [4.69, 9.17) is 0 Å². The Kier molecular flexibility index (Phi) is 2.53. The second-order valence-corrected chi connectivity index (χ2v) is 8.85. The number of anilines is 1. The van der Waals surface area contributed by atoms with Crippen molar-refractivity contribution < 1.29 is 9.59 Å². The molecule has 0 spiro atoms. The highest BCUT2D eigenvalue weighted by molar-refractivity contribution is 6.22. The highest BCUT2D eigenvalue weighted by atomic mass is 16.2. The summed E-state index contributed by atoms with van der Waals surface area (Å²) >= 11 is 0. The summed E-state index contributed by atoms with van der Waals surface area (Å²) in [7, 11) is 0. The molecule has 6 atom stereocenters. The van der Waals surface area contributed by atoms with Crippen LogP contribution in [0.5, 0.6) is 0 Å². The van der Waals surface area contributed by atoms with Crippen LogP contribution in [0.3, 0.4) is 0 Å². The van der Waals surface area contributed by atoms with Crippen LogP contribution in [-0.4, -0.2) is 11.8 Å². The Morgan fingerprint density at radius 3 is 1.76 bits per heavy atom. The average Bonchev–Trinajstić information content (AvgIpc) is 2.90. The fraction of sp³-hybridized carbons (Fsp3) is 0.545. The first-order valence-electron chi connectivity index (χ1n) is 9.81. The number of carbonyl (C=O) groups is 2. The van der Waals surface area contributed by atoms with Crippen molar-refractivity contribution >= 4 is 17.5 Å². The van der Waals surface area contributed by atoms with E-state index in [-0.39, 0.29) is 35.5 Å².